The number of ether oxygens (including phenoxy) is 4. The highest BCUT2D eigenvalue weighted by Crippen LogP contribution is 2.38. The van der Waals surface area contributed by atoms with Crippen molar-refractivity contribution in [2.45, 2.75) is 6.42 Å². The van der Waals surface area contributed by atoms with Crippen molar-refractivity contribution < 1.29 is 37.3 Å². The number of esters is 1. The lowest BCUT2D eigenvalue weighted by Gasteiger charge is -2.14. The average molecular weight is 395 g/mol. The second kappa shape index (κ2) is 9.54. The standard InChI is InChI=1S/C19H19F2NO6/c1-25-15-6-11(7-16(26-2)19(15)27-3)8-18(24)28-10-17(23)22-12-4-5-13(20)14(21)9-12/h4-7,9H,8,10H2,1-3H3,(H,22,23). The lowest BCUT2D eigenvalue weighted by atomic mass is 10.1. The van der Waals surface area contributed by atoms with Gasteiger partial charge in [-0.3, -0.25) is 9.59 Å². The molecule has 0 saturated carbocycles. The van der Waals surface area contributed by atoms with Crippen LogP contribution in [0.25, 0.3) is 0 Å². The number of rotatable bonds is 8. The monoisotopic (exact) mass is 395 g/mol. The van der Waals surface area contributed by atoms with Crippen molar-refractivity contribution in [3.8, 4) is 17.2 Å². The van der Waals surface area contributed by atoms with Crippen LogP contribution in [0.15, 0.2) is 30.3 Å². The number of carbonyl (C=O) groups is 2. The molecule has 2 aromatic carbocycles. The van der Waals surface area contributed by atoms with Crippen molar-refractivity contribution in [3.05, 3.63) is 47.5 Å². The van der Waals surface area contributed by atoms with Gasteiger partial charge in [-0.25, -0.2) is 8.78 Å². The molecule has 0 unspecified atom stereocenters. The first-order chi connectivity index (χ1) is 13.4. The van der Waals surface area contributed by atoms with E-state index in [0.717, 1.165) is 12.1 Å². The molecule has 1 amide bonds. The van der Waals surface area contributed by atoms with E-state index in [2.05, 4.69) is 5.32 Å². The molecule has 0 spiro atoms. The summed E-state index contributed by atoms with van der Waals surface area (Å²) in [6.07, 6.45) is -0.144. The molecule has 9 heteroatoms. The van der Waals surface area contributed by atoms with Crippen LogP contribution in [-0.4, -0.2) is 39.8 Å². The third kappa shape index (κ3) is 5.32. The topological polar surface area (TPSA) is 83.1 Å². The molecule has 0 saturated heterocycles. The van der Waals surface area contributed by atoms with E-state index < -0.39 is 30.1 Å². The van der Waals surface area contributed by atoms with Crippen molar-refractivity contribution in [3.63, 3.8) is 0 Å². The molecule has 0 bridgehead atoms. The van der Waals surface area contributed by atoms with Crippen LogP contribution in [0.5, 0.6) is 17.2 Å². The van der Waals surface area contributed by atoms with E-state index in [0.29, 0.717) is 22.8 Å². The minimum Gasteiger partial charge on any atom is -0.493 e. The number of carbonyl (C=O) groups excluding carboxylic acids is 2. The third-order valence-corrected chi connectivity index (χ3v) is 3.64. The molecule has 0 fully saturated rings. The van der Waals surface area contributed by atoms with E-state index >= 15 is 0 Å². The number of nitrogens with one attached hydrogen (secondary N) is 1. The van der Waals surface area contributed by atoms with Gasteiger partial charge in [0.1, 0.15) is 0 Å². The fourth-order valence-electron chi connectivity index (χ4n) is 2.37. The number of methoxy groups -OCH3 is 3. The molecule has 0 aliphatic carbocycles. The van der Waals surface area contributed by atoms with Gasteiger partial charge in [-0.2, -0.15) is 0 Å². The second-order valence-electron chi connectivity index (χ2n) is 5.55. The second-order valence-corrected chi connectivity index (χ2v) is 5.55. The maximum absolute atomic E-state index is 13.1. The fraction of sp³-hybridized carbons (Fsp3) is 0.263. The van der Waals surface area contributed by atoms with Crippen LogP contribution in [-0.2, 0) is 20.7 Å². The molecule has 0 aliphatic rings. The van der Waals surface area contributed by atoms with E-state index in [-0.39, 0.29) is 12.1 Å². The van der Waals surface area contributed by atoms with Crippen LogP contribution < -0.4 is 19.5 Å². The number of amides is 1. The maximum Gasteiger partial charge on any atom is 0.310 e. The zero-order valence-corrected chi connectivity index (χ0v) is 15.5. The number of benzene rings is 2. The summed E-state index contributed by atoms with van der Waals surface area (Å²) < 4.78 is 46.5. The average Bonchev–Trinajstić information content (AvgIpc) is 2.68. The zero-order chi connectivity index (χ0) is 20.7. The van der Waals surface area contributed by atoms with Crippen molar-refractivity contribution >= 4 is 17.6 Å². The van der Waals surface area contributed by atoms with Crippen LogP contribution in [0.1, 0.15) is 5.56 Å². The number of halogens is 2. The van der Waals surface area contributed by atoms with Crippen LogP contribution in [0.3, 0.4) is 0 Å². The summed E-state index contributed by atoms with van der Waals surface area (Å²) in [6.45, 7) is -0.581. The van der Waals surface area contributed by atoms with Gasteiger partial charge >= 0.3 is 5.97 Å². The highest BCUT2D eigenvalue weighted by Gasteiger charge is 2.16. The Kier molecular flexibility index (Phi) is 7.14. The van der Waals surface area contributed by atoms with Crippen LogP contribution in [0.4, 0.5) is 14.5 Å². The highest BCUT2D eigenvalue weighted by atomic mass is 19.2. The summed E-state index contributed by atoms with van der Waals surface area (Å²) in [4.78, 5) is 23.8. The van der Waals surface area contributed by atoms with Crippen molar-refractivity contribution in [2.24, 2.45) is 0 Å². The quantitative estimate of drug-likeness (QED) is 0.692. The van der Waals surface area contributed by atoms with Gasteiger partial charge in [-0.1, -0.05) is 0 Å². The third-order valence-electron chi connectivity index (χ3n) is 3.64. The molecule has 0 radical (unpaired) electrons. The Labute approximate surface area is 160 Å². The molecular weight excluding hydrogens is 376 g/mol. The Morgan fingerprint density at radius 1 is 0.929 bits per heavy atom. The first-order valence-corrected chi connectivity index (χ1v) is 8.07. The molecule has 28 heavy (non-hydrogen) atoms. The lowest BCUT2D eigenvalue weighted by Crippen LogP contribution is -2.21. The SMILES string of the molecule is COc1cc(CC(=O)OCC(=O)Nc2ccc(F)c(F)c2)cc(OC)c1OC. The van der Waals surface area contributed by atoms with Crippen LogP contribution >= 0.6 is 0 Å². The molecule has 7 nitrogen and oxygen atoms in total. The molecule has 0 heterocycles. The summed E-state index contributed by atoms with van der Waals surface area (Å²) in [5.41, 5.74) is 0.574. The van der Waals surface area contributed by atoms with Gasteiger partial charge in [0.05, 0.1) is 27.8 Å². The molecular formula is C19H19F2NO6. The van der Waals surface area contributed by atoms with Crippen molar-refractivity contribution in [1.29, 1.82) is 0 Å². The van der Waals surface area contributed by atoms with Gasteiger partial charge in [-0.05, 0) is 29.8 Å². The minimum absolute atomic E-state index is 0.0459. The van der Waals surface area contributed by atoms with Crippen molar-refractivity contribution in [2.75, 3.05) is 33.3 Å². The van der Waals surface area contributed by atoms with Gasteiger partial charge in [-0.15, -0.1) is 0 Å². The Morgan fingerprint density at radius 2 is 1.57 bits per heavy atom. The van der Waals surface area contributed by atoms with Gasteiger partial charge < -0.3 is 24.3 Å². The summed E-state index contributed by atoms with van der Waals surface area (Å²) >= 11 is 0. The number of anilines is 1. The molecule has 150 valence electrons. The summed E-state index contributed by atoms with van der Waals surface area (Å²) in [5.74, 6) is -2.36. The smallest absolute Gasteiger partial charge is 0.310 e. The number of hydrogen-bond acceptors (Lipinski definition) is 6. The normalized spacial score (nSPS) is 10.2. The predicted octanol–water partition coefficient (Wildman–Crippen LogP) is 2.72. The Hall–Kier alpha value is -3.36. The summed E-state index contributed by atoms with van der Waals surface area (Å²) in [5, 5.41) is 2.30. The molecule has 0 aromatic heterocycles. The van der Waals surface area contributed by atoms with E-state index in [9.17, 15) is 18.4 Å². The van der Waals surface area contributed by atoms with Gasteiger partial charge in [0.2, 0.25) is 5.75 Å². The van der Waals surface area contributed by atoms with E-state index in [1.807, 2.05) is 0 Å². The van der Waals surface area contributed by atoms with E-state index in [4.69, 9.17) is 18.9 Å². The predicted molar refractivity (Wildman–Crippen MR) is 95.7 cm³/mol. The fourth-order valence-corrected chi connectivity index (χ4v) is 2.37. The Morgan fingerprint density at radius 3 is 2.11 bits per heavy atom. The molecule has 1 N–H and O–H groups in total. The lowest BCUT2D eigenvalue weighted by molar-refractivity contribution is -0.146. The van der Waals surface area contributed by atoms with E-state index in [1.54, 1.807) is 12.1 Å². The highest BCUT2D eigenvalue weighted by molar-refractivity contribution is 5.92. The summed E-state index contributed by atoms with van der Waals surface area (Å²) in [7, 11) is 4.35. The van der Waals surface area contributed by atoms with E-state index in [1.165, 1.54) is 27.4 Å². The Balaban J connectivity index is 1.94. The van der Waals surface area contributed by atoms with Crippen LogP contribution in [0.2, 0.25) is 0 Å². The van der Waals surface area contributed by atoms with Gasteiger partial charge in [0, 0.05) is 11.8 Å². The maximum atomic E-state index is 13.1. The zero-order valence-electron chi connectivity index (χ0n) is 15.5. The Bertz CT molecular complexity index is 846. The molecule has 0 aliphatic heterocycles. The molecule has 2 aromatic rings. The van der Waals surface area contributed by atoms with Crippen LogP contribution in [0, 0.1) is 11.6 Å². The largest absolute Gasteiger partial charge is 0.493 e. The summed E-state index contributed by atoms with van der Waals surface area (Å²) in [6, 6.07) is 6.06. The van der Waals surface area contributed by atoms with Gasteiger partial charge in [0.25, 0.3) is 5.91 Å². The van der Waals surface area contributed by atoms with Gasteiger partial charge in [0.15, 0.2) is 29.7 Å². The minimum atomic E-state index is -1.10. The molecule has 0 atom stereocenters. The molecule has 2 rings (SSSR count). The van der Waals surface area contributed by atoms with Crippen molar-refractivity contribution in [1.82, 2.24) is 0 Å². The first kappa shape index (κ1) is 20.9. The number of hydrogen-bond donors (Lipinski definition) is 1. The first-order valence-electron chi connectivity index (χ1n) is 8.07.